The number of carbonyl (C=O) groups excluding carboxylic acids is 1. The molecule has 1 aromatic heterocycles. The van der Waals surface area contributed by atoms with Gasteiger partial charge in [0, 0.05) is 18.9 Å². The lowest BCUT2D eigenvalue weighted by Crippen LogP contribution is -2.31. The monoisotopic (exact) mass is 312 g/mol. The lowest BCUT2D eigenvalue weighted by molar-refractivity contribution is 0.0769. The number of ether oxygens (including phenoxy) is 1. The third kappa shape index (κ3) is 2.83. The van der Waals surface area contributed by atoms with Gasteiger partial charge in [-0.3, -0.25) is 4.79 Å². The maximum Gasteiger partial charge on any atom is 0.259 e. The largest absolute Gasteiger partial charge is 0.489 e. The van der Waals surface area contributed by atoms with Crippen molar-refractivity contribution in [2.75, 3.05) is 13.1 Å². The number of aromatic nitrogens is 1. The van der Waals surface area contributed by atoms with Crippen molar-refractivity contribution in [3.8, 4) is 5.75 Å². The summed E-state index contributed by atoms with van der Waals surface area (Å²) in [6.45, 7) is 3.17. The standard InChI is InChI=1S/C18H20N2O3/c1-12-16(17(23-19-12)13-7-8-13)18(21)20-10-9-15(11-20)22-14-5-3-2-4-6-14/h2-6,13,15H,7-11H2,1H3/t15-/m1/s1. The van der Waals surface area contributed by atoms with Crippen LogP contribution in [-0.4, -0.2) is 35.2 Å². The summed E-state index contributed by atoms with van der Waals surface area (Å²) in [5.74, 6) is 2.05. The van der Waals surface area contributed by atoms with Crippen molar-refractivity contribution >= 4 is 5.91 Å². The van der Waals surface area contributed by atoms with Gasteiger partial charge in [0.25, 0.3) is 5.91 Å². The van der Waals surface area contributed by atoms with E-state index in [9.17, 15) is 4.79 Å². The first kappa shape index (κ1) is 14.3. The Kier molecular flexibility index (Phi) is 3.56. The molecule has 0 unspecified atom stereocenters. The fraction of sp³-hybridized carbons (Fsp3) is 0.444. The molecule has 1 aromatic carbocycles. The van der Waals surface area contributed by atoms with E-state index < -0.39 is 0 Å². The first-order valence-corrected chi connectivity index (χ1v) is 8.19. The first-order chi connectivity index (χ1) is 11.2. The van der Waals surface area contributed by atoms with E-state index in [1.54, 1.807) is 0 Å². The van der Waals surface area contributed by atoms with Gasteiger partial charge in [0.1, 0.15) is 17.4 Å². The van der Waals surface area contributed by atoms with Crippen LogP contribution in [0.25, 0.3) is 0 Å². The Balaban J connectivity index is 1.45. The molecule has 5 nitrogen and oxygen atoms in total. The van der Waals surface area contributed by atoms with Crippen LogP contribution in [0, 0.1) is 6.92 Å². The second-order valence-corrected chi connectivity index (χ2v) is 6.37. The van der Waals surface area contributed by atoms with Crippen molar-refractivity contribution in [3.63, 3.8) is 0 Å². The second-order valence-electron chi connectivity index (χ2n) is 6.37. The molecule has 5 heteroatoms. The Morgan fingerprint density at radius 1 is 1.26 bits per heavy atom. The fourth-order valence-corrected chi connectivity index (χ4v) is 3.13. The molecule has 1 aliphatic heterocycles. The van der Waals surface area contributed by atoms with E-state index in [1.165, 1.54) is 0 Å². The normalized spacial score (nSPS) is 20.7. The van der Waals surface area contributed by atoms with Crippen LogP contribution in [0.15, 0.2) is 34.9 Å². The maximum absolute atomic E-state index is 12.9. The van der Waals surface area contributed by atoms with Crippen LogP contribution in [0.1, 0.15) is 47.0 Å². The highest BCUT2D eigenvalue weighted by atomic mass is 16.5. The molecule has 1 aliphatic carbocycles. The summed E-state index contributed by atoms with van der Waals surface area (Å²) in [7, 11) is 0. The number of amides is 1. The minimum Gasteiger partial charge on any atom is -0.489 e. The molecule has 0 N–H and O–H groups in total. The summed E-state index contributed by atoms with van der Waals surface area (Å²) in [5.41, 5.74) is 1.37. The average Bonchev–Trinajstić information content (AvgIpc) is 3.18. The predicted molar refractivity (Wildman–Crippen MR) is 84.6 cm³/mol. The lowest BCUT2D eigenvalue weighted by Gasteiger charge is -2.17. The van der Waals surface area contributed by atoms with Crippen molar-refractivity contribution in [2.24, 2.45) is 0 Å². The molecule has 120 valence electrons. The van der Waals surface area contributed by atoms with E-state index >= 15 is 0 Å². The van der Waals surface area contributed by atoms with Crippen molar-refractivity contribution in [2.45, 2.75) is 38.2 Å². The molecular weight excluding hydrogens is 292 g/mol. The quantitative estimate of drug-likeness (QED) is 0.870. The van der Waals surface area contributed by atoms with E-state index in [-0.39, 0.29) is 12.0 Å². The summed E-state index contributed by atoms with van der Waals surface area (Å²) in [6.07, 6.45) is 3.08. The van der Waals surface area contributed by atoms with Crippen LogP contribution in [0.4, 0.5) is 0 Å². The van der Waals surface area contributed by atoms with Gasteiger partial charge in [-0.15, -0.1) is 0 Å². The van der Waals surface area contributed by atoms with Crippen molar-refractivity contribution < 1.29 is 14.1 Å². The number of para-hydroxylation sites is 1. The van der Waals surface area contributed by atoms with Crippen molar-refractivity contribution in [1.29, 1.82) is 0 Å². The summed E-state index contributed by atoms with van der Waals surface area (Å²) < 4.78 is 11.4. The minimum atomic E-state index is 0.0322. The highest BCUT2D eigenvalue weighted by Gasteiger charge is 2.37. The van der Waals surface area contributed by atoms with Crippen molar-refractivity contribution in [1.82, 2.24) is 10.1 Å². The topological polar surface area (TPSA) is 55.6 Å². The van der Waals surface area contributed by atoms with E-state index in [1.807, 2.05) is 42.2 Å². The van der Waals surface area contributed by atoms with Crippen LogP contribution in [0.5, 0.6) is 5.75 Å². The van der Waals surface area contributed by atoms with Crippen molar-refractivity contribution in [3.05, 3.63) is 47.3 Å². The van der Waals surface area contributed by atoms with Gasteiger partial charge < -0.3 is 14.2 Å². The molecule has 23 heavy (non-hydrogen) atoms. The number of carbonyl (C=O) groups is 1. The lowest BCUT2D eigenvalue weighted by atomic mass is 10.1. The Morgan fingerprint density at radius 2 is 2.04 bits per heavy atom. The number of hydrogen-bond acceptors (Lipinski definition) is 4. The molecule has 1 saturated carbocycles. The molecule has 0 spiro atoms. The fourth-order valence-electron chi connectivity index (χ4n) is 3.13. The Hall–Kier alpha value is -2.30. The zero-order valence-electron chi connectivity index (χ0n) is 13.2. The number of rotatable bonds is 4. The van der Waals surface area contributed by atoms with E-state index in [0.29, 0.717) is 30.3 Å². The number of likely N-dealkylation sites (tertiary alicyclic amines) is 1. The number of hydrogen-bond donors (Lipinski definition) is 0. The van der Waals surface area contributed by atoms with Crippen LogP contribution >= 0.6 is 0 Å². The highest BCUT2D eigenvalue weighted by molar-refractivity contribution is 5.96. The Labute approximate surface area is 135 Å². The van der Waals surface area contributed by atoms with E-state index in [2.05, 4.69) is 5.16 Å². The average molecular weight is 312 g/mol. The summed E-state index contributed by atoms with van der Waals surface area (Å²) in [4.78, 5) is 14.7. The summed E-state index contributed by atoms with van der Waals surface area (Å²) in [6, 6.07) is 9.76. The van der Waals surface area contributed by atoms with Gasteiger partial charge in [0.2, 0.25) is 0 Å². The first-order valence-electron chi connectivity index (χ1n) is 8.19. The highest BCUT2D eigenvalue weighted by Crippen LogP contribution is 2.42. The molecule has 2 aliphatic rings. The van der Waals surface area contributed by atoms with Crippen LogP contribution < -0.4 is 4.74 Å². The summed E-state index contributed by atoms with van der Waals surface area (Å²) >= 11 is 0. The molecule has 4 rings (SSSR count). The third-order valence-electron chi connectivity index (χ3n) is 4.53. The summed E-state index contributed by atoms with van der Waals surface area (Å²) in [5, 5.41) is 4.00. The van der Waals surface area contributed by atoms with Gasteiger partial charge in [-0.2, -0.15) is 0 Å². The molecule has 1 atom stereocenters. The van der Waals surface area contributed by atoms with Gasteiger partial charge in [-0.25, -0.2) is 0 Å². The Morgan fingerprint density at radius 3 is 2.78 bits per heavy atom. The molecule has 0 bridgehead atoms. The van der Waals surface area contributed by atoms with Crippen LogP contribution in [-0.2, 0) is 0 Å². The SMILES string of the molecule is Cc1noc(C2CC2)c1C(=O)N1CC[C@@H](Oc2ccccc2)C1. The minimum absolute atomic E-state index is 0.0322. The van der Waals surface area contributed by atoms with Gasteiger partial charge in [-0.1, -0.05) is 23.4 Å². The molecule has 1 amide bonds. The Bertz CT molecular complexity index is 706. The molecule has 1 saturated heterocycles. The number of aryl methyl sites for hydroxylation is 1. The predicted octanol–water partition coefficient (Wildman–Crippen LogP) is 3.15. The van der Waals surface area contributed by atoms with E-state index in [0.717, 1.165) is 30.8 Å². The third-order valence-corrected chi connectivity index (χ3v) is 4.53. The maximum atomic E-state index is 12.9. The van der Waals surface area contributed by atoms with Gasteiger partial charge in [0.05, 0.1) is 12.2 Å². The molecular formula is C18H20N2O3. The molecule has 2 fully saturated rings. The number of benzene rings is 1. The van der Waals surface area contributed by atoms with Gasteiger partial charge in [0.15, 0.2) is 5.76 Å². The molecule has 0 radical (unpaired) electrons. The van der Waals surface area contributed by atoms with Gasteiger partial charge >= 0.3 is 0 Å². The molecule has 2 heterocycles. The van der Waals surface area contributed by atoms with Crippen LogP contribution in [0.3, 0.4) is 0 Å². The number of nitrogens with zero attached hydrogens (tertiary/aromatic N) is 2. The zero-order chi connectivity index (χ0) is 15.8. The van der Waals surface area contributed by atoms with Gasteiger partial charge in [-0.05, 0) is 31.9 Å². The second kappa shape index (κ2) is 5.72. The van der Waals surface area contributed by atoms with Crippen LogP contribution in [0.2, 0.25) is 0 Å². The zero-order valence-corrected chi connectivity index (χ0v) is 13.2. The molecule has 2 aromatic rings. The van der Waals surface area contributed by atoms with E-state index in [4.69, 9.17) is 9.26 Å². The smallest absolute Gasteiger partial charge is 0.259 e.